The second-order valence-corrected chi connectivity index (χ2v) is 8.69. The molecule has 0 saturated carbocycles. The van der Waals surface area contributed by atoms with E-state index in [9.17, 15) is 0 Å². The van der Waals surface area contributed by atoms with Crippen molar-refractivity contribution >= 4 is 0 Å². The van der Waals surface area contributed by atoms with Gasteiger partial charge >= 0.3 is 127 Å². The Kier molecular flexibility index (Phi) is 2.63. The first kappa shape index (κ1) is 10.6. The Balaban J connectivity index is 1.86. The van der Waals surface area contributed by atoms with Gasteiger partial charge in [-0.25, -0.2) is 0 Å². The molecule has 2 aromatic carbocycles. The van der Waals surface area contributed by atoms with Crippen molar-refractivity contribution in [2.45, 2.75) is 10.0 Å². The summed E-state index contributed by atoms with van der Waals surface area (Å²) in [5.41, 5.74) is 5.40. The first-order chi connectivity index (χ1) is 9.84. The molecule has 0 bridgehead atoms. The molecule has 0 nitrogen and oxygen atoms in total. The van der Waals surface area contributed by atoms with E-state index in [2.05, 4.69) is 48.6 Å². The van der Waals surface area contributed by atoms with Crippen LogP contribution >= 0.6 is 0 Å². The molecular weight excluding hydrogens is 307 g/mol. The summed E-state index contributed by atoms with van der Waals surface area (Å²) in [6, 6.07) is 15.6. The van der Waals surface area contributed by atoms with Crippen LogP contribution in [0.1, 0.15) is 22.5 Å². The second-order valence-electron chi connectivity index (χ2n) is 4.99. The van der Waals surface area contributed by atoms with Crippen molar-refractivity contribution in [3.63, 3.8) is 0 Å². The van der Waals surface area contributed by atoms with E-state index in [0.29, 0.717) is 3.63 Å². The summed E-state index contributed by atoms with van der Waals surface area (Å²) in [4.78, 5) is 0. The molecule has 0 spiro atoms. The van der Waals surface area contributed by atoms with Crippen molar-refractivity contribution in [2.24, 2.45) is 0 Å². The number of fused-ring (bicyclic) bond motifs is 3. The van der Waals surface area contributed by atoms with Gasteiger partial charge in [0, 0.05) is 0 Å². The van der Waals surface area contributed by atoms with Gasteiger partial charge in [0.25, 0.3) is 0 Å². The fourth-order valence-electron chi connectivity index (χ4n) is 2.96. The zero-order chi connectivity index (χ0) is 13.5. The van der Waals surface area contributed by atoms with Crippen molar-refractivity contribution in [1.82, 2.24) is 0 Å². The molecule has 19 heavy (non-hydrogen) atoms. The Morgan fingerprint density at radius 3 is 2.63 bits per heavy atom. The van der Waals surface area contributed by atoms with E-state index < -0.39 is 23.2 Å². The molecule has 1 heteroatoms. The third-order valence-electron chi connectivity index (χ3n) is 3.84. The number of allylic oxidation sites excluding steroid dienone is 4. The number of hydrogen-bond acceptors (Lipinski definition) is 0. The summed E-state index contributed by atoms with van der Waals surface area (Å²) in [5, 5.41) is 0. The van der Waals surface area contributed by atoms with Crippen LogP contribution < -0.4 is 0 Å². The van der Waals surface area contributed by atoms with Crippen molar-refractivity contribution in [3.8, 4) is 11.1 Å². The molecule has 0 aromatic heterocycles. The fourth-order valence-corrected chi connectivity index (χ4v) is 6.87. The third-order valence-corrected chi connectivity index (χ3v) is 7.85. The van der Waals surface area contributed by atoms with Gasteiger partial charge in [0.05, 0.1) is 0 Å². The zero-order valence-electron chi connectivity index (χ0n) is 11.6. The van der Waals surface area contributed by atoms with Crippen LogP contribution in [-0.2, 0) is 23.2 Å². The molecule has 0 heterocycles. The maximum atomic E-state index is 8.32. The molecule has 0 aliphatic heterocycles. The molecule has 0 saturated heterocycles. The van der Waals surface area contributed by atoms with Crippen molar-refractivity contribution in [3.05, 3.63) is 81.1 Å². The standard InChI is InChI=1S/C13H9.C5H5.Zr/c1-3-7-12-10(5-1)9-11-6-2-4-8-13(11)12;1-2-4-5-3-1;/h1-9H;1-3H,4H2;/i5D;;. The average molecular weight is 323 g/mol. The third kappa shape index (κ3) is 1.92. The van der Waals surface area contributed by atoms with Gasteiger partial charge in [0.15, 0.2) is 0 Å². The van der Waals surface area contributed by atoms with Gasteiger partial charge in [0.1, 0.15) is 0 Å². The van der Waals surface area contributed by atoms with E-state index in [0.717, 1.165) is 12.5 Å². The fraction of sp³-hybridized carbons (Fsp3) is 0.111. The molecule has 0 N–H and O–H groups in total. The Morgan fingerprint density at radius 2 is 1.79 bits per heavy atom. The molecule has 0 fully saturated rings. The second kappa shape index (κ2) is 4.72. The van der Waals surface area contributed by atoms with Gasteiger partial charge in [-0.3, -0.25) is 0 Å². The molecule has 2 aliphatic rings. The van der Waals surface area contributed by atoms with Crippen LogP contribution in [0.2, 0.25) is 0 Å². The van der Waals surface area contributed by atoms with Crippen molar-refractivity contribution < 1.29 is 24.6 Å². The summed E-state index contributed by atoms with van der Waals surface area (Å²) >= 11 is -0.716. The van der Waals surface area contributed by atoms with Crippen LogP contribution in [0.15, 0.2) is 70.0 Å². The van der Waals surface area contributed by atoms with Gasteiger partial charge < -0.3 is 0 Å². The summed E-state index contributed by atoms with van der Waals surface area (Å²) in [6.07, 6.45) is 7.88. The zero-order valence-corrected chi connectivity index (χ0v) is 13.0. The predicted octanol–water partition coefficient (Wildman–Crippen LogP) is 4.68. The maximum absolute atomic E-state index is 8.32. The van der Waals surface area contributed by atoms with Gasteiger partial charge in [-0.1, -0.05) is 0 Å². The van der Waals surface area contributed by atoms with Gasteiger partial charge in [-0.2, -0.15) is 0 Å². The summed E-state index contributed by atoms with van der Waals surface area (Å²) in [5.74, 6) is 0. The molecule has 2 aromatic rings. The first-order valence-corrected chi connectivity index (χ1v) is 9.30. The minimum atomic E-state index is -0.716. The van der Waals surface area contributed by atoms with Gasteiger partial charge in [-0.05, 0) is 0 Å². The predicted molar refractivity (Wildman–Crippen MR) is 75.6 cm³/mol. The monoisotopic (exact) mass is 321 g/mol. The van der Waals surface area contributed by atoms with Crippen LogP contribution in [0.5, 0.6) is 0 Å². The van der Waals surface area contributed by atoms with E-state index in [1.54, 1.807) is 3.28 Å². The Labute approximate surface area is 126 Å². The quantitative estimate of drug-likeness (QED) is 0.753. The van der Waals surface area contributed by atoms with E-state index in [1.165, 1.54) is 22.3 Å². The van der Waals surface area contributed by atoms with Gasteiger partial charge in [0.2, 0.25) is 0 Å². The average Bonchev–Trinajstić information content (AvgIpc) is 3.08. The Bertz CT molecular complexity index is 743. The number of benzene rings is 2. The summed E-state index contributed by atoms with van der Waals surface area (Å²) < 4.78 is 10.5. The van der Waals surface area contributed by atoms with E-state index in [4.69, 9.17) is 1.37 Å². The van der Waals surface area contributed by atoms with E-state index in [1.807, 2.05) is 12.1 Å². The first-order valence-electron chi connectivity index (χ1n) is 7.15. The normalized spacial score (nSPS) is 19.7. The molecular formula is C18H14Zr. The molecule has 2 aliphatic carbocycles. The van der Waals surface area contributed by atoms with Crippen LogP contribution in [-0.4, -0.2) is 0 Å². The molecule has 4 rings (SSSR count). The van der Waals surface area contributed by atoms with E-state index in [-0.39, 0.29) is 0 Å². The summed E-state index contributed by atoms with van der Waals surface area (Å²) in [6.45, 7) is 0. The SMILES string of the molecule is [2H]c1cccc2c1[CH]([Zr][C]1=CC=CC1)c1ccccc1-2. The molecule has 0 amide bonds. The van der Waals surface area contributed by atoms with Crippen LogP contribution in [0.4, 0.5) is 0 Å². The number of hydrogen-bond donors (Lipinski definition) is 0. The molecule has 1 unspecified atom stereocenters. The molecule has 1 atom stereocenters. The van der Waals surface area contributed by atoms with Crippen molar-refractivity contribution in [2.75, 3.05) is 0 Å². The summed E-state index contributed by atoms with van der Waals surface area (Å²) in [7, 11) is 0. The Morgan fingerprint density at radius 1 is 1.00 bits per heavy atom. The van der Waals surface area contributed by atoms with Crippen LogP contribution in [0.25, 0.3) is 11.1 Å². The van der Waals surface area contributed by atoms with Crippen molar-refractivity contribution in [1.29, 1.82) is 0 Å². The molecule has 0 radical (unpaired) electrons. The number of rotatable bonds is 2. The van der Waals surface area contributed by atoms with Gasteiger partial charge in [-0.15, -0.1) is 0 Å². The topological polar surface area (TPSA) is 0 Å². The Hall–Kier alpha value is -1.20. The molecule has 90 valence electrons. The van der Waals surface area contributed by atoms with E-state index >= 15 is 0 Å². The minimum absolute atomic E-state index is 0.518. The van der Waals surface area contributed by atoms with Crippen LogP contribution in [0, 0.1) is 0 Å². The van der Waals surface area contributed by atoms with Crippen LogP contribution in [0.3, 0.4) is 0 Å².